The molecule has 2 aromatic rings. The first kappa shape index (κ1) is 18.6. The molecule has 0 radical (unpaired) electrons. The van der Waals surface area contributed by atoms with Crippen LogP contribution >= 0.6 is 11.3 Å². The van der Waals surface area contributed by atoms with Gasteiger partial charge in [0, 0.05) is 22.5 Å². The van der Waals surface area contributed by atoms with E-state index in [-0.39, 0.29) is 5.41 Å². The Morgan fingerprint density at radius 1 is 1.04 bits per heavy atom. The van der Waals surface area contributed by atoms with E-state index in [1.165, 1.54) is 29.7 Å². The highest BCUT2D eigenvalue weighted by Gasteiger charge is 2.35. The summed E-state index contributed by atoms with van der Waals surface area (Å²) in [6.45, 7) is 2.60. The third kappa shape index (κ3) is 4.33. The summed E-state index contributed by atoms with van der Waals surface area (Å²) in [6, 6.07) is 11.8. The van der Waals surface area contributed by atoms with E-state index < -0.39 is 11.8 Å². The van der Waals surface area contributed by atoms with Crippen LogP contribution in [0.25, 0.3) is 0 Å². The van der Waals surface area contributed by atoms with Crippen LogP contribution in [0.2, 0.25) is 0 Å². The van der Waals surface area contributed by atoms with Gasteiger partial charge >= 0.3 is 11.8 Å². The maximum Gasteiger partial charge on any atom is 0.313 e. The Morgan fingerprint density at radius 3 is 2.38 bits per heavy atom. The van der Waals surface area contributed by atoms with Gasteiger partial charge in [0.2, 0.25) is 0 Å². The summed E-state index contributed by atoms with van der Waals surface area (Å²) in [4.78, 5) is 25.8. The van der Waals surface area contributed by atoms with Gasteiger partial charge in [-0.1, -0.05) is 44.4 Å². The fraction of sp³-hybridized carbons (Fsp3) is 0.429. The van der Waals surface area contributed by atoms with E-state index in [9.17, 15) is 9.59 Å². The molecule has 0 spiro atoms. The summed E-state index contributed by atoms with van der Waals surface area (Å²) in [6.07, 6.45) is 6.66. The molecule has 3 rings (SSSR count). The lowest BCUT2D eigenvalue weighted by molar-refractivity contribution is -0.136. The number of hydrogen-bond acceptors (Lipinski definition) is 3. The molecule has 1 saturated carbocycles. The van der Waals surface area contributed by atoms with Crippen LogP contribution in [0.15, 0.2) is 41.8 Å². The van der Waals surface area contributed by atoms with Crippen molar-refractivity contribution in [3.8, 4) is 0 Å². The van der Waals surface area contributed by atoms with E-state index in [4.69, 9.17) is 0 Å². The fourth-order valence-corrected chi connectivity index (χ4v) is 4.65. The number of aryl methyl sites for hydroxylation is 1. The van der Waals surface area contributed by atoms with Crippen molar-refractivity contribution in [2.45, 2.75) is 50.9 Å². The van der Waals surface area contributed by atoms with Crippen molar-refractivity contribution in [1.82, 2.24) is 5.32 Å². The zero-order valence-corrected chi connectivity index (χ0v) is 16.0. The van der Waals surface area contributed by atoms with E-state index in [1.54, 1.807) is 11.3 Å². The van der Waals surface area contributed by atoms with E-state index in [1.807, 2.05) is 24.3 Å². The van der Waals surface area contributed by atoms with Gasteiger partial charge in [-0.3, -0.25) is 9.59 Å². The highest BCUT2D eigenvalue weighted by atomic mass is 32.1. The third-order valence-corrected chi connectivity index (χ3v) is 6.38. The molecule has 138 valence electrons. The Hall–Kier alpha value is -2.14. The molecular weight excluding hydrogens is 344 g/mol. The van der Waals surface area contributed by atoms with Crippen molar-refractivity contribution in [2.75, 3.05) is 11.9 Å². The van der Waals surface area contributed by atoms with Crippen LogP contribution in [0, 0.1) is 0 Å². The van der Waals surface area contributed by atoms with Crippen LogP contribution in [0.1, 0.15) is 49.5 Å². The number of anilines is 1. The number of rotatable bonds is 5. The minimum Gasteiger partial charge on any atom is -0.347 e. The molecular formula is C21H26N2O2S. The first-order valence-corrected chi connectivity index (χ1v) is 10.2. The number of benzene rings is 1. The second-order valence-electron chi connectivity index (χ2n) is 7.01. The molecule has 1 aliphatic carbocycles. The van der Waals surface area contributed by atoms with Gasteiger partial charge in [-0.05, 0) is 48.4 Å². The molecule has 0 saturated heterocycles. The van der Waals surface area contributed by atoms with Gasteiger partial charge in [-0.2, -0.15) is 0 Å². The van der Waals surface area contributed by atoms with Crippen molar-refractivity contribution in [3.05, 3.63) is 52.2 Å². The number of nitrogens with one attached hydrogen (secondary N) is 2. The largest absolute Gasteiger partial charge is 0.347 e. The first-order valence-electron chi connectivity index (χ1n) is 9.35. The minimum atomic E-state index is -0.605. The van der Waals surface area contributed by atoms with E-state index in [0.717, 1.165) is 19.3 Å². The lowest BCUT2D eigenvalue weighted by Gasteiger charge is -2.36. The SMILES string of the molecule is CCc1ccc(NC(=O)C(=O)NCC2(c3cccs3)CCCCC2)cc1. The van der Waals surface area contributed by atoms with E-state index >= 15 is 0 Å². The van der Waals surface area contributed by atoms with E-state index in [0.29, 0.717) is 12.2 Å². The molecule has 2 N–H and O–H groups in total. The molecule has 5 heteroatoms. The number of thiophene rings is 1. The molecule has 26 heavy (non-hydrogen) atoms. The fourth-order valence-electron chi connectivity index (χ4n) is 3.66. The monoisotopic (exact) mass is 370 g/mol. The zero-order valence-electron chi connectivity index (χ0n) is 15.2. The average Bonchev–Trinajstić information content (AvgIpc) is 3.23. The normalized spacial score (nSPS) is 16.0. The molecule has 0 atom stereocenters. The highest BCUT2D eigenvalue weighted by molar-refractivity contribution is 7.10. The second kappa shape index (κ2) is 8.49. The molecule has 0 bridgehead atoms. The Morgan fingerprint density at radius 2 is 1.77 bits per heavy atom. The van der Waals surface area contributed by atoms with Crippen molar-refractivity contribution in [1.29, 1.82) is 0 Å². The first-order chi connectivity index (χ1) is 12.6. The van der Waals surface area contributed by atoms with Crippen molar-refractivity contribution >= 4 is 28.8 Å². The predicted octanol–water partition coefficient (Wildman–Crippen LogP) is 4.27. The lowest BCUT2D eigenvalue weighted by Crippen LogP contribution is -2.45. The predicted molar refractivity (Wildman–Crippen MR) is 107 cm³/mol. The standard InChI is InChI=1S/C21H26N2O2S/c1-2-16-8-10-17(11-9-16)23-20(25)19(24)22-15-21(12-4-3-5-13-21)18-7-6-14-26-18/h6-11,14H,2-5,12-13,15H2,1H3,(H,22,24)(H,23,25). The maximum atomic E-state index is 12.3. The molecule has 1 aromatic carbocycles. The van der Waals surface area contributed by atoms with Crippen LogP contribution in [0.5, 0.6) is 0 Å². The van der Waals surface area contributed by atoms with E-state index in [2.05, 4.69) is 35.1 Å². The van der Waals surface area contributed by atoms with Gasteiger partial charge in [0.15, 0.2) is 0 Å². The van der Waals surface area contributed by atoms with Crippen molar-refractivity contribution in [3.63, 3.8) is 0 Å². The number of carbonyl (C=O) groups is 2. The summed E-state index contributed by atoms with van der Waals surface area (Å²) in [5.41, 5.74) is 1.82. The molecule has 0 unspecified atom stereocenters. The second-order valence-corrected chi connectivity index (χ2v) is 7.95. The zero-order chi connectivity index (χ0) is 18.4. The number of hydrogen-bond donors (Lipinski definition) is 2. The summed E-state index contributed by atoms with van der Waals surface area (Å²) in [7, 11) is 0. The van der Waals surface area contributed by atoms with Gasteiger partial charge < -0.3 is 10.6 Å². The smallest absolute Gasteiger partial charge is 0.313 e. The third-order valence-electron chi connectivity index (χ3n) is 5.27. The molecule has 1 aromatic heterocycles. The van der Waals surface area contributed by atoms with Gasteiger partial charge in [-0.25, -0.2) is 0 Å². The van der Waals surface area contributed by atoms with Gasteiger partial charge in [-0.15, -0.1) is 11.3 Å². The molecule has 1 aliphatic rings. The van der Waals surface area contributed by atoms with Crippen LogP contribution in [0.3, 0.4) is 0 Å². The Labute approximate surface area is 159 Å². The van der Waals surface area contributed by atoms with Gasteiger partial charge in [0.1, 0.15) is 0 Å². The Bertz CT molecular complexity index is 732. The summed E-state index contributed by atoms with van der Waals surface area (Å²) in [5, 5.41) is 7.64. The van der Waals surface area contributed by atoms with Gasteiger partial charge in [0.05, 0.1) is 0 Å². The van der Waals surface area contributed by atoms with Crippen LogP contribution < -0.4 is 10.6 Å². The van der Waals surface area contributed by atoms with Crippen LogP contribution in [-0.2, 0) is 21.4 Å². The number of amides is 2. The lowest BCUT2D eigenvalue weighted by atomic mass is 9.73. The Balaban J connectivity index is 1.60. The van der Waals surface area contributed by atoms with Crippen LogP contribution in [0.4, 0.5) is 5.69 Å². The summed E-state index contributed by atoms with van der Waals surface area (Å²) < 4.78 is 0. The van der Waals surface area contributed by atoms with Gasteiger partial charge in [0.25, 0.3) is 0 Å². The topological polar surface area (TPSA) is 58.2 Å². The quantitative estimate of drug-likeness (QED) is 0.772. The van der Waals surface area contributed by atoms with Crippen molar-refractivity contribution in [2.24, 2.45) is 0 Å². The summed E-state index contributed by atoms with van der Waals surface area (Å²) >= 11 is 1.74. The highest BCUT2D eigenvalue weighted by Crippen LogP contribution is 2.41. The molecule has 2 amide bonds. The molecule has 1 fully saturated rings. The molecule has 1 heterocycles. The van der Waals surface area contributed by atoms with Crippen LogP contribution in [-0.4, -0.2) is 18.4 Å². The average molecular weight is 371 g/mol. The number of carbonyl (C=O) groups excluding carboxylic acids is 2. The maximum absolute atomic E-state index is 12.3. The minimum absolute atomic E-state index is 0.0227. The summed E-state index contributed by atoms with van der Waals surface area (Å²) in [5.74, 6) is -1.17. The molecule has 4 nitrogen and oxygen atoms in total. The van der Waals surface area contributed by atoms with Crippen molar-refractivity contribution < 1.29 is 9.59 Å². The molecule has 0 aliphatic heterocycles. The Kier molecular flexibility index (Phi) is 6.09.